The molecule has 16 heavy (non-hydrogen) atoms. The first-order valence-electron chi connectivity index (χ1n) is 5.20. The molecule has 86 valence electrons. The summed E-state index contributed by atoms with van der Waals surface area (Å²) in [6.07, 6.45) is 3.24. The normalized spacial score (nSPS) is 12.9. The smallest absolute Gasteiger partial charge is 0.138 e. The number of rotatable bonds is 5. The van der Waals surface area contributed by atoms with Gasteiger partial charge in [0.15, 0.2) is 0 Å². The first kappa shape index (κ1) is 11.2. The van der Waals surface area contributed by atoms with Gasteiger partial charge in [-0.3, -0.25) is 4.68 Å². The number of hydrogen-bond donors (Lipinski definition) is 1. The molecule has 0 spiro atoms. The molecule has 0 aliphatic rings. The zero-order valence-corrected chi connectivity index (χ0v) is 9.89. The van der Waals surface area contributed by atoms with Crippen LogP contribution < -0.4 is 5.73 Å². The van der Waals surface area contributed by atoms with Gasteiger partial charge < -0.3 is 5.73 Å². The number of nitrogens with zero attached hydrogens (tertiary/aromatic N) is 5. The molecule has 0 fully saturated rings. The second-order valence-corrected chi connectivity index (χ2v) is 4.15. The van der Waals surface area contributed by atoms with Crippen molar-refractivity contribution in [2.24, 2.45) is 5.73 Å². The summed E-state index contributed by atoms with van der Waals surface area (Å²) in [5.74, 6) is 0.905. The van der Waals surface area contributed by atoms with Crippen LogP contribution in [0.1, 0.15) is 30.9 Å². The first-order valence-corrected chi connectivity index (χ1v) is 6.04. The minimum atomic E-state index is -0.154. The summed E-state index contributed by atoms with van der Waals surface area (Å²) in [7, 11) is 0. The van der Waals surface area contributed by atoms with E-state index in [9.17, 15) is 0 Å². The van der Waals surface area contributed by atoms with Gasteiger partial charge in [-0.2, -0.15) is 5.10 Å². The maximum Gasteiger partial charge on any atom is 0.138 e. The molecule has 2 aromatic rings. The predicted molar refractivity (Wildman–Crippen MR) is 60.9 cm³/mol. The molecule has 2 N–H and O–H groups in total. The summed E-state index contributed by atoms with van der Waals surface area (Å²) in [6.45, 7) is 2.98. The van der Waals surface area contributed by atoms with E-state index in [1.807, 2.05) is 10.1 Å². The van der Waals surface area contributed by atoms with E-state index in [-0.39, 0.29) is 6.04 Å². The van der Waals surface area contributed by atoms with E-state index in [4.69, 9.17) is 5.73 Å². The molecule has 1 unspecified atom stereocenters. The van der Waals surface area contributed by atoms with Crippen LogP contribution in [0.15, 0.2) is 11.7 Å². The Morgan fingerprint density at radius 1 is 1.56 bits per heavy atom. The minimum Gasteiger partial charge on any atom is -0.322 e. The van der Waals surface area contributed by atoms with Crippen LogP contribution >= 0.6 is 11.5 Å². The quantitative estimate of drug-likeness (QED) is 0.832. The lowest BCUT2D eigenvalue weighted by atomic mass is 10.1. The average molecular weight is 238 g/mol. The van der Waals surface area contributed by atoms with Gasteiger partial charge in [0.25, 0.3) is 0 Å². The maximum absolute atomic E-state index is 6.02. The largest absolute Gasteiger partial charge is 0.322 e. The molecule has 0 aliphatic carbocycles. The number of aromatic nitrogens is 5. The Bertz CT molecular complexity index is 423. The molecular formula is C9H14N6S. The second-order valence-electron chi connectivity index (χ2n) is 3.54. The Balaban J connectivity index is 2.06. The number of hydrogen-bond acceptors (Lipinski definition) is 6. The molecule has 2 aromatic heterocycles. The molecule has 0 bridgehead atoms. The Hall–Kier alpha value is -1.34. The molecule has 6 nitrogen and oxygen atoms in total. The van der Waals surface area contributed by atoms with Crippen LogP contribution in [0.4, 0.5) is 0 Å². The Morgan fingerprint density at radius 3 is 3.12 bits per heavy atom. The molecule has 2 rings (SSSR count). The van der Waals surface area contributed by atoms with E-state index in [1.54, 1.807) is 6.33 Å². The van der Waals surface area contributed by atoms with Crippen LogP contribution in [0.25, 0.3) is 0 Å². The minimum absolute atomic E-state index is 0.154. The van der Waals surface area contributed by atoms with Gasteiger partial charge in [-0.15, -0.1) is 5.10 Å². The van der Waals surface area contributed by atoms with Crippen molar-refractivity contribution in [1.82, 2.24) is 24.4 Å². The Labute approximate surface area is 97.7 Å². The zero-order valence-electron chi connectivity index (χ0n) is 9.08. The van der Waals surface area contributed by atoms with Crippen LogP contribution in [0.5, 0.6) is 0 Å². The van der Waals surface area contributed by atoms with Gasteiger partial charge in [0.05, 0.1) is 11.7 Å². The molecule has 0 aliphatic heterocycles. The highest BCUT2D eigenvalue weighted by Crippen LogP contribution is 2.13. The Morgan fingerprint density at radius 2 is 2.44 bits per heavy atom. The number of nitrogens with two attached hydrogens (primary N) is 1. The molecule has 7 heteroatoms. The third-order valence-corrected chi connectivity index (χ3v) is 2.81. The van der Waals surface area contributed by atoms with Gasteiger partial charge in [-0.25, -0.2) is 4.98 Å². The second kappa shape index (κ2) is 5.13. The molecule has 0 amide bonds. The summed E-state index contributed by atoms with van der Waals surface area (Å²) in [5, 5.41) is 9.98. The van der Waals surface area contributed by atoms with Crippen LogP contribution in [0.3, 0.4) is 0 Å². The van der Waals surface area contributed by atoms with Gasteiger partial charge in [0.1, 0.15) is 12.2 Å². The van der Waals surface area contributed by atoms with Crippen LogP contribution in [0.2, 0.25) is 0 Å². The fraction of sp³-hybridized carbons (Fsp3) is 0.556. The topological polar surface area (TPSA) is 82.5 Å². The summed E-state index contributed by atoms with van der Waals surface area (Å²) in [4.78, 5) is 4.21. The van der Waals surface area contributed by atoms with Crippen LogP contribution in [0, 0.1) is 0 Å². The van der Waals surface area contributed by atoms with Gasteiger partial charge in [0.2, 0.25) is 0 Å². The lowest BCUT2D eigenvalue weighted by molar-refractivity contribution is 0.544. The van der Waals surface area contributed by atoms with E-state index in [0.717, 1.165) is 24.5 Å². The van der Waals surface area contributed by atoms with Gasteiger partial charge >= 0.3 is 0 Å². The lowest BCUT2D eigenvalue weighted by Crippen LogP contribution is -2.17. The standard InChI is InChI=1S/C9H14N6S/c1-2-3-15-9(11-6-12-15)4-7(10)8-5-16-14-13-8/h5-7H,2-4,10H2,1H3. The predicted octanol–water partition coefficient (Wildman–Crippen LogP) is 0.782. The third-order valence-electron chi connectivity index (χ3n) is 2.29. The van der Waals surface area contributed by atoms with Crippen molar-refractivity contribution in [3.8, 4) is 0 Å². The van der Waals surface area contributed by atoms with E-state index in [2.05, 4.69) is 26.6 Å². The van der Waals surface area contributed by atoms with Gasteiger partial charge in [0, 0.05) is 18.3 Å². The summed E-state index contributed by atoms with van der Waals surface area (Å²) in [6, 6.07) is -0.154. The molecule has 1 atom stereocenters. The van der Waals surface area contributed by atoms with Gasteiger partial charge in [-0.05, 0) is 18.0 Å². The molecule has 0 saturated carbocycles. The van der Waals surface area contributed by atoms with Crippen molar-refractivity contribution in [2.75, 3.05) is 0 Å². The van der Waals surface area contributed by atoms with E-state index < -0.39 is 0 Å². The zero-order chi connectivity index (χ0) is 11.4. The van der Waals surface area contributed by atoms with E-state index >= 15 is 0 Å². The summed E-state index contributed by atoms with van der Waals surface area (Å²) in [5.41, 5.74) is 6.83. The molecule has 0 radical (unpaired) electrons. The van der Waals surface area contributed by atoms with Crippen LogP contribution in [-0.2, 0) is 13.0 Å². The van der Waals surface area contributed by atoms with Gasteiger partial charge in [-0.1, -0.05) is 11.4 Å². The fourth-order valence-electron chi connectivity index (χ4n) is 1.48. The van der Waals surface area contributed by atoms with Crippen molar-refractivity contribution >= 4 is 11.5 Å². The highest BCUT2D eigenvalue weighted by Gasteiger charge is 2.13. The average Bonchev–Trinajstić information content (AvgIpc) is 2.90. The molecule has 0 aromatic carbocycles. The highest BCUT2D eigenvalue weighted by molar-refractivity contribution is 7.03. The first-order chi connectivity index (χ1) is 7.81. The van der Waals surface area contributed by atoms with Crippen molar-refractivity contribution < 1.29 is 0 Å². The lowest BCUT2D eigenvalue weighted by Gasteiger charge is -2.08. The van der Waals surface area contributed by atoms with Crippen molar-refractivity contribution in [3.05, 3.63) is 23.2 Å². The molecular weight excluding hydrogens is 224 g/mol. The van der Waals surface area contributed by atoms with Crippen molar-refractivity contribution in [3.63, 3.8) is 0 Å². The van der Waals surface area contributed by atoms with Crippen LogP contribution in [-0.4, -0.2) is 24.4 Å². The Kier molecular flexibility index (Phi) is 3.58. The fourth-order valence-corrected chi connectivity index (χ4v) is 2.00. The van der Waals surface area contributed by atoms with Crippen molar-refractivity contribution in [2.45, 2.75) is 32.4 Å². The third kappa shape index (κ3) is 2.42. The SMILES string of the molecule is CCCn1ncnc1CC(N)c1csnn1. The maximum atomic E-state index is 6.02. The highest BCUT2D eigenvalue weighted by atomic mass is 32.1. The summed E-state index contributed by atoms with van der Waals surface area (Å²) < 4.78 is 5.69. The van der Waals surface area contributed by atoms with E-state index in [0.29, 0.717) is 6.42 Å². The van der Waals surface area contributed by atoms with Crippen molar-refractivity contribution in [1.29, 1.82) is 0 Å². The summed E-state index contributed by atoms with van der Waals surface area (Å²) >= 11 is 1.31. The monoisotopic (exact) mass is 238 g/mol. The molecule has 2 heterocycles. The number of aryl methyl sites for hydroxylation is 1. The molecule has 0 saturated heterocycles. The van der Waals surface area contributed by atoms with E-state index in [1.165, 1.54) is 11.5 Å².